The molecule has 6 heteroatoms. The van der Waals surface area contributed by atoms with Crippen molar-refractivity contribution in [1.82, 2.24) is 19.7 Å². The van der Waals surface area contributed by atoms with Gasteiger partial charge >= 0.3 is 0 Å². The minimum atomic E-state index is 0.425. The van der Waals surface area contributed by atoms with Crippen LogP contribution in [0.3, 0.4) is 0 Å². The molecule has 0 spiro atoms. The van der Waals surface area contributed by atoms with Gasteiger partial charge in [-0.2, -0.15) is 10.4 Å². The van der Waals surface area contributed by atoms with Crippen molar-refractivity contribution >= 4 is 16.9 Å². The molecule has 0 radical (unpaired) electrons. The SMILES string of the molecule is CCc1nc2ccccc2n1C1CCN(c2nnc(C)c(C)c2C#N)CC1. The number of piperidine rings is 1. The van der Waals surface area contributed by atoms with E-state index in [2.05, 4.69) is 50.9 Å². The van der Waals surface area contributed by atoms with E-state index in [9.17, 15) is 5.26 Å². The van der Waals surface area contributed by atoms with Crippen LogP contribution in [0.1, 0.15) is 48.5 Å². The average molecular weight is 360 g/mol. The summed E-state index contributed by atoms with van der Waals surface area (Å²) < 4.78 is 2.42. The Morgan fingerprint density at radius 3 is 2.59 bits per heavy atom. The van der Waals surface area contributed by atoms with Gasteiger partial charge in [0, 0.05) is 25.6 Å². The van der Waals surface area contributed by atoms with Gasteiger partial charge in [-0.25, -0.2) is 4.98 Å². The maximum atomic E-state index is 9.59. The highest BCUT2D eigenvalue weighted by atomic mass is 15.3. The molecule has 2 aromatic heterocycles. The van der Waals surface area contributed by atoms with Crippen LogP contribution in [0.2, 0.25) is 0 Å². The molecule has 1 saturated heterocycles. The van der Waals surface area contributed by atoms with Crippen LogP contribution < -0.4 is 4.90 Å². The number of hydrogen-bond donors (Lipinski definition) is 0. The lowest BCUT2D eigenvalue weighted by Crippen LogP contribution is -2.36. The van der Waals surface area contributed by atoms with Gasteiger partial charge in [0.1, 0.15) is 17.5 Å². The zero-order chi connectivity index (χ0) is 19.0. The van der Waals surface area contributed by atoms with Crippen molar-refractivity contribution < 1.29 is 0 Å². The highest BCUT2D eigenvalue weighted by Crippen LogP contribution is 2.32. The van der Waals surface area contributed by atoms with Gasteiger partial charge in [-0.15, -0.1) is 5.10 Å². The van der Waals surface area contributed by atoms with E-state index < -0.39 is 0 Å². The van der Waals surface area contributed by atoms with E-state index in [-0.39, 0.29) is 0 Å². The minimum Gasteiger partial charge on any atom is -0.354 e. The van der Waals surface area contributed by atoms with Crippen LogP contribution in [0.4, 0.5) is 5.82 Å². The van der Waals surface area contributed by atoms with Gasteiger partial charge in [0.2, 0.25) is 0 Å². The Labute approximate surface area is 159 Å². The number of aryl methyl sites for hydroxylation is 2. The second-order valence-electron chi connectivity index (χ2n) is 7.18. The van der Waals surface area contributed by atoms with Crippen molar-refractivity contribution in [2.75, 3.05) is 18.0 Å². The molecule has 0 N–H and O–H groups in total. The second kappa shape index (κ2) is 6.99. The molecule has 0 unspecified atom stereocenters. The summed E-state index contributed by atoms with van der Waals surface area (Å²) in [4.78, 5) is 7.02. The summed E-state index contributed by atoms with van der Waals surface area (Å²) in [7, 11) is 0. The van der Waals surface area contributed by atoms with Crippen LogP contribution in [0, 0.1) is 25.2 Å². The molecule has 1 aliphatic heterocycles. The summed E-state index contributed by atoms with van der Waals surface area (Å²) in [5.41, 5.74) is 4.70. The van der Waals surface area contributed by atoms with Crippen LogP contribution >= 0.6 is 0 Å². The first-order valence-electron chi connectivity index (χ1n) is 9.58. The Balaban J connectivity index is 1.61. The maximum Gasteiger partial charge on any atom is 0.169 e. The van der Waals surface area contributed by atoms with Crippen LogP contribution in [0.15, 0.2) is 24.3 Å². The Morgan fingerprint density at radius 1 is 1.15 bits per heavy atom. The molecule has 0 amide bonds. The number of fused-ring (bicyclic) bond motifs is 1. The summed E-state index contributed by atoms with van der Waals surface area (Å²) in [5.74, 6) is 1.88. The van der Waals surface area contributed by atoms with E-state index in [4.69, 9.17) is 4.98 Å². The molecule has 0 bridgehead atoms. The van der Waals surface area contributed by atoms with Crippen LogP contribution in [-0.2, 0) is 6.42 Å². The van der Waals surface area contributed by atoms with Crippen LogP contribution in [0.25, 0.3) is 11.0 Å². The molecule has 0 atom stereocenters. The first-order valence-corrected chi connectivity index (χ1v) is 9.58. The first kappa shape index (κ1) is 17.5. The number of benzene rings is 1. The normalized spacial score (nSPS) is 15.3. The monoisotopic (exact) mass is 360 g/mol. The van der Waals surface area contributed by atoms with Gasteiger partial charge in [0.25, 0.3) is 0 Å². The molecule has 0 saturated carbocycles. The number of para-hydroxylation sites is 2. The van der Waals surface area contributed by atoms with E-state index in [1.807, 2.05) is 19.9 Å². The van der Waals surface area contributed by atoms with E-state index >= 15 is 0 Å². The smallest absolute Gasteiger partial charge is 0.169 e. The Bertz CT molecular complexity index is 1020. The summed E-state index contributed by atoms with van der Waals surface area (Å²) in [6.45, 7) is 7.74. The molecular weight excluding hydrogens is 336 g/mol. The molecule has 0 aliphatic carbocycles. The molecule has 138 valence electrons. The predicted molar refractivity (Wildman–Crippen MR) is 106 cm³/mol. The third-order valence-electron chi connectivity index (χ3n) is 5.66. The zero-order valence-corrected chi connectivity index (χ0v) is 16.1. The molecule has 6 nitrogen and oxygen atoms in total. The number of hydrogen-bond acceptors (Lipinski definition) is 5. The van der Waals surface area contributed by atoms with E-state index in [1.165, 1.54) is 5.52 Å². The Kier molecular flexibility index (Phi) is 4.53. The number of nitriles is 1. The number of imidazole rings is 1. The second-order valence-corrected chi connectivity index (χ2v) is 7.18. The first-order chi connectivity index (χ1) is 13.1. The topological polar surface area (TPSA) is 70.6 Å². The van der Waals surface area contributed by atoms with Gasteiger partial charge in [0.05, 0.1) is 16.7 Å². The predicted octanol–water partition coefficient (Wildman–Crippen LogP) is 3.72. The highest BCUT2D eigenvalue weighted by Gasteiger charge is 2.26. The fourth-order valence-corrected chi connectivity index (χ4v) is 4.04. The Hall–Kier alpha value is -2.94. The van der Waals surface area contributed by atoms with E-state index in [0.29, 0.717) is 11.6 Å². The van der Waals surface area contributed by atoms with E-state index in [0.717, 1.165) is 60.8 Å². The molecule has 3 heterocycles. The third-order valence-corrected chi connectivity index (χ3v) is 5.66. The lowest BCUT2D eigenvalue weighted by atomic mass is 10.0. The third kappa shape index (κ3) is 2.93. The number of anilines is 1. The average Bonchev–Trinajstić information content (AvgIpc) is 3.08. The van der Waals surface area contributed by atoms with Crippen molar-refractivity contribution in [3.05, 3.63) is 46.9 Å². The van der Waals surface area contributed by atoms with Crippen molar-refractivity contribution in [2.45, 2.75) is 46.1 Å². The molecule has 1 aromatic carbocycles. The Morgan fingerprint density at radius 2 is 1.89 bits per heavy atom. The summed E-state index contributed by atoms with van der Waals surface area (Å²) in [6, 6.07) is 11.1. The van der Waals surface area contributed by atoms with Gasteiger partial charge < -0.3 is 9.47 Å². The van der Waals surface area contributed by atoms with Gasteiger partial charge in [-0.05, 0) is 44.4 Å². The van der Waals surface area contributed by atoms with Gasteiger partial charge in [0.15, 0.2) is 5.82 Å². The highest BCUT2D eigenvalue weighted by molar-refractivity contribution is 5.76. The molecule has 3 aromatic rings. The van der Waals surface area contributed by atoms with Crippen LogP contribution in [-0.4, -0.2) is 32.8 Å². The lowest BCUT2D eigenvalue weighted by molar-refractivity contribution is 0.393. The number of rotatable bonds is 3. The summed E-state index contributed by atoms with van der Waals surface area (Å²) in [6.07, 6.45) is 2.94. The van der Waals surface area contributed by atoms with E-state index in [1.54, 1.807) is 0 Å². The van der Waals surface area contributed by atoms with Crippen molar-refractivity contribution in [3.63, 3.8) is 0 Å². The number of nitrogens with zero attached hydrogens (tertiary/aromatic N) is 6. The standard InChI is InChI=1S/C21H24N6/c1-4-20-23-18-7-5-6-8-19(18)27(20)16-9-11-26(12-10-16)21-17(13-22)14(2)15(3)24-25-21/h5-8,16H,4,9-12H2,1-3H3. The molecule has 27 heavy (non-hydrogen) atoms. The quantitative estimate of drug-likeness (QED) is 0.712. The summed E-state index contributed by atoms with van der Waals surface area (Å²) in [5, 5.41) is 18.2. The van der Waals surface area contributed by atoms with Crippen molar-refractivity contribution in [1.29, 1.82) is 5.26 Å². The fraction of sp³-hybridized carbons (Fsp3) is 0.429. The molecule has 1 aliphatic rings. The lowest BCUT2D eigenvalue weighted by Gasteiger charge is -2.34. The largest absolute Gasteiger partial charge is 0.354 e. The minimum absolute atomic E-state index is 0.425. The molecular formula is C21H24N6. The van der Waals surface area contributed by atoms with Crippen molar-refractivity contribution in [2.24, 2.45) is 0 Å². The van der Waals surface area contributed by atoms with Gasteiger partial charge in [-0.1, -0.05) is 19.1 Å². The van der Waals surface area contributed by atoms with Gasteiger partial charge in [-0.3, -0.25) is 0 Å². The zero-order valence-electron chi connectivity index (χ0n) is 16.1. The fourth-order valence-electron chi connectivity index (χ4n) is 4.04. The van der Waals surface area contributed by atoms with Crippen molar-refractivity contribution in [3.8, 4) is 6.07 Å². The number of aromatic nitrogens is 4. The maximum absolute atomic E-state index is 9.59. The van der Waals surface area contributed by atoms with Crippen LogP contribution in [0.5, 0.6) is 0 Å². The molecule has 4 rings (SSSR count). The molecule has 1 fully saturated rings. The summed E-state index contributed by atoms with van der Waals surface area (Å²) >= 11 is 0.